The summed E-state index contributed by atoms with van der Waals surface area (Å²) in [5, 5.41) is 21.4. The van der Waals surface area contributed by atoms with Gasteiger partial charge in [-0.1, -0.05) is 24.3 Å². The molecule has 0 bridgehead atoms. The third-order valence-electron chi connectivity index (χ3n) is 8.33. The van der Waals surface area contributed by atoms with Crippen LogP contribution in [0.3, 0.4) is 0 Å². The van der Waals surface area contributed by atoms with Gasteiger partial charge in [-0.3, -0.25) is 22.8 Å². The molecule has 1 heterocycles. The summed E-state index contributed by atoms with van der Waals surface area (Å²) in [6.45, 7) is -0.927. The van der Waals surface area contributed by atoms with Crippen LogP contribution in [0.1, 0.15) is 0 Å². The minimum Gasteiger partial charge on any atom is -0.505 e. The van der Waals surface area contributed by atoms with Gasteiger partial charge >= 0.3 is 10.4 Å². The van der Waals surface area contributed by atoms with Crippen molar-refractivity contribution in [1.82, 2.24) is 15.0 Å². The number of nitrogens with zero attached hydrogens (tertiary/aromatic N) is 5. The van der Waals surface area contributed by atoms with Crippen molar-refractivity contribution in [2.45, 2.75) is 24.5 Å². The Labute approximate surface area is 507 Å². The number of fused-ring (bicyclic) bond motifs is 2. The first kappa shape index (κ1) is 66.4. The zero-order chi connectivity index (χ0) is 47.4. The number of phenols is 1. The molecule has 26 nitrogen and oxygen atoms in total. The van der Waals surface area contributed by atoms with Crippen molar-refractivity contribution in [2.75, 3.05) is 23.0 Å². The van der Waals surface area contributed by atoms with Gasteiger partial charge in [-0.25, -0.2) is 12.6 Å². The quantitative estimate of drug-likeness (QED) is 0.0415. The van der Waals surface area contributed by atoms with Gasteiger partial charge in [0.1, 0.15) is 26.1 Å². The first-order chi connectivity index (χ1) is 29.4. The summed E-state index contributed by atoms with van der Waals surface area (Å²) >= 11 is 6.11. The molecule has 345 valence electrons. The largest absolute Gasteiger partial charge is 0.505 e. The summed E-state index contributed by atoms with van der Waals surface area (Å²) < 4.78 is 199. The Morgan fingerprint density at radius 2 is 1.19 bits per heavy atom. The van der Waals surface area contributed by atoms with E-state index in [1.807, 2.05) is 0 Å². The van der Waals surface area contributed by atoms with Gasteiger partial charge in [-0.05, 0) is 65.5 Å². The predicted octanol–water partition coefficient (Wildman–Crippen LogP) is 2.12. The third-order valence-corrected chi connectivity index (χ3v) is 14.2. The molecule has 6 rings (SSSR count). The van der Waals surface area contributed by atoms with Crippen LogP contribution in [0.4, 0.5) is 34.6 Å². The Morgan fingerprint density at radius 1 is 0.594 bits per heavy atom. The second-order valence-corrected chi connectivity index (χ2v) is 21.7. The van der Waals surface area contributed by atoms with Gasteiger partial charge in [0.25, 0.3) is 40.5 Å². The van der Waals surface area contributed by atoms with E-state index in [4.69, 9.17) is 16.2 Å². The van der Waals surface area contributed by atoms with Crippen molar-refractivity contribution in [3.05, 3.63) is 78.1 Å². The number of hydrogen-bond acceptors (Lipinski definition) is 21. The number of aromatic nitrogens is 3. The van der Waals surface area contributed by atoms with E-state index < -0.39 is 154 Å². The zero-order valence-electron chi connectivity index (χ0n) is 35.9. The Balaban J connectivity index is 0.00000476. The monoisotopic (exact) mass is 1140 g/mol. The molecule has 0 saturated heterocycles. The molecule has 0 atom stereocenters. The number of hydrogen-bond donors (Lipinski definition) is 8. The number of halogens is 1. The molecule has 0 unspecified atom stereocenters. The first-order valence-electron chi connectivity index (χ1n) is 16.5. The molecule has 69 heavy (non-hydrogen) atoms. The van der Waals surface area contributed by atoms with E-state index in [-0.39, 0.29) is 158 Å². The van der Waals surface area contributed by atoms with Crippen molar-refractivity contribution < 1.29 is 82.6 Å². The Kier molecular flexibility index (Phi) is 24.3. The SMILES string of the molecule is O=S(=O)(O)OCCS(=O)(=O)c1cccc(Nc2nc(Cl)nc(Nc3cc(S(=O)(=O)O)cc4cc(S(=O)(=O)O)c(N=Nc5ccc6c(S(=O)(=O)O)cccc6c5S(=O)(=O)O)c(O)c34)n2)c1.[Na].[Na].[Na].[Na].[Na]. The number of benzene rings is 5. The van der Waals surface area contributed by atoms with Crippen molar-refractivity contribution in [3.63, 3.8) is 0 Å². The topological polar surface area (TPSA) is 423 Å². The number of aromatic hydroxyl groups is 1. The van der Waals surface area contributed by atoms with Crippen LogP contribution in [0.2, 0.25) is 5.28 Å². The molecule has 6 aromatic rings. The van der Waals surface area contributed by atoms with Crippen LogP contribution in [-0.4, -0.2) is 253 Å². The third kappa shape index (κ3) is 16.7. The molecule has 5 radical (unpaired) electrons. The zero-order valence-corrected chi connectivity index (χ0v) is 51.6. The predicted molar refractivity (Wildman–Crippen MR) is 249 cm³/mol. The number of sulfone groups is 1. The smallest absolute Gasteiger partial charge is 0.397 e. The molecule has 0 fully saturated rings. The molecule has 0 spiro atoms. The summed E-state index contributed by atoms with van der Waals surface area (Å²) in [6, 6.07) is 11.3. The fourth-order valence-corrected chi connectivity index (χ4v) is 10.2. The molecule has 5 aromatic carbocycles. The van der Waals surface area contributed by atoms with Crippen LogP contribution < -0.4 is 10.6 Å². The molecule has 0 saturated carbocycles. The maximum absolute atomic E-state index is 12.8. The molecule has 0 aliphatic rings. The maximum Gasteiger partial charge on any atom is 0.397 e. The molecule has 38 heteroatoms. The number of nitrogens with one attached hydrogen (secondary N) is 2. The van der Waals surface area contributed by atoms with Crippen LogP contribution in [0.5, 0.6) is 5.75 Å². The van der Waals surface area contributed by atoms with Crippen LogP contribution in [0.15, 0.2) is 108 Å². The summed E-state index contributed by atoms with van der Waals surface area (Å²) in [6.07, 6.45) is 0. The number of phenolic OH excluding ortho intramolecular Hbond substituents is 1. The van der Waals surface area contributed by atoms with Crippen molar-refractivity contribution >= 4 is 276 Å². The van der Waals surface area contributed by atoms with Gasteiger partial charge in [-0.2, -0.15) is 57.0 Å². The van der Waals surface area contributed by atoms with E-state index in [2.05, 4.69) is 40.0 Å². The Bertz CT molecular complexity index is 3700. The van der Waals surface area contributed by atoms with Crippen LogP contribution >= 0.6 is 11.6 Å². The average Bonchev–Trinajstić information content (AvgIpc) is 3.14. The number of rotatable bonds is 15. The fourth-order valence-electron chi connectivity index (χ4n) is 5.81. The van der Waals surface area contributed by atoms with E-state index >= 15 is 0 Å². The number of azo groups is 1. The number of anilines is 4. The van der Waals surface area contributed by atoms with E-state index in [1.54, 1.807) is 0 Å². The molecule has 0 aliphatic carbocycles. The second-order valence-electron chi connectivity index (χ2n) is 12.6. The van der Waals surface area contributed by atoms with E-state index in [9.17, 15) is 73.8 Å². The van der Waals surface area contributed by atoms with Gasteiger partial charge in [0.2, 0.25) is 17.2 Å². The molecule has 0 amide bonds. The first-order valence-corrected chi connectivity index (χ1v) is 25.7. The van der Waals surface area contributed by atoms with Crippen molar-refractivity contribution in [3.8, 4) is 5.75 Å². The molecular formula is C31H24ClN7Na5O19S6. The normalized spacial score (nSPS) is 12.2. The van der Waals surface area contributed by atoms with Crippen molar-refractivity contribution in [1.29, 1.82) is 0 Å². The molecular weight excluding hydrogens is 1120 g/mol. The Morgan fingerprint density at radius 3 is 1.75 bits per heavy atom. The second kappa shape index (κ2) is 25.3. The summed E-state index contributed by atoms with van der Waals surface area (Å²) in [4.78, 5) is 7.28. The minimum atomic E-state index is -5.48. The van der Waals surface area contributed by atoms with Gasteiger partial charge in [0.05, 0.1) is 27.8 Å². The van der Waals surface area contributed by atoms with E-state index in [1.165, 1.54) is 12.1 Å². The van der Waals surface area contributed by atoms with Crippen LogP contribution in [0.25, 0.3) is 21.5 Å². The molecule has 8 N–H and O–H groups in total. The summed E-state index contributed by atoms with van der Waals surface area (Å²) in [7, 11) is -30.1. The van der Waals surface area contributed by atoms with Crippen LogP contribution in [0, 0.1) is 0 Å². The van der Waals surface area contributed by atoms with E-state index in [0.29, 0.717) is 18.2 Å². The van der Waals surface area contributed by atoms with Crippen LogP contribution in [-0.2, 0) is 64.9 Å². The summed E-state index contributed by atoms with van der Waals surface area (Å²) in [5.41, 5.74) is -2.55. The standard InChI is InChI=1S/C31H24ClN7O19S6.5Na/c32-29-35-30(33-16-3-1-4-17(13-16)59(41,42)10-9-58-64(55,56)57)37-31(36-29)34-22-14-18(60(43,44)45)11-15-12-24(62(49,50)51)26(27(40)25(15)22)39-38-21-8-7-19-20(28(21)63(52,53)54)5-2-6-23(19)61(46,47)48;;;;;/h1-8,11-14,40H,9-10H2,(H,43,44,45)(H,46,47,48)(H,49,50,51)(H,52,53,54)(H,55,56,57)(H2,33,34,35,36,37);;;;;. The summed E-state index contributed by atoms with van der Waals surface area (Å²) in [5.74, 6) is -3.12. The average molecular weight is 1140 g/mol. The van der Waals surface area contributed by atoms with Gasteiger partial charge in [0.15, 0.2) is 15.6 Å². The van der Waals surface area contributed by atoms with Gasteiger partial charge in [0, 0.05) is 170 Å². The maximum atomic E-state index is 12.8. The Hall–Kier alpha value is -0.620. The molecule has 0 aliphatic heterocycles. The van der Waals surface area contributed by atoms with Gasteiger partial charge in [-0.15, -0.1) is 10.2 Å². The van der Waals surface area contributed by atoms with Crippen molar-refractivity contribution in [2.24, 2.45) is 10.2 Å². The minimum absolute atomic E-state index is 0. The molecule has 1 aromatic heterocycles. The fraction of sp³-hybridized carbons (Fsp3) is 0.0645. The van der Waals surface area contributed by atoms with Gasteiger partial charge < -0.3 is 15.7 Å². The van der Waals surface area contributed by atoms with E-state index in [0.717, 1.165) is 42.5 Å².